The Morgan fingerprint density at radius 3 is 2.25 bits per heavy atom. The van der Waals surface area contributed by atoms with Gasteiger partial charge in [0.05, 0.1) is 35.7 Å². The van der Waals surface area contributed by atoms with E-state index in [0.29, 0.717) is 13.2 Å². The van der Waals surface area contributed by atoms with Gasteiger partial charge in [0.25, 0.3) is 0 Å². The first kappa shape index (κ1) is 15.3. The molecule has 0 atom stereocenters. The van der Waals surface area contributed by atoms with Crippen LogP contribution in [0.3, 0.4) is 0 Å². The molecule has 0 aliphatic carbocycles. The van der Waals surface area contributed by atoms with Gasteiger partial charge in [-0.25, -0.2) is 8.42 Å². The summed E-state index contributed by atoms with van der Waals surface area (Å²) in [6.45, 7) is 0.653. The summed E-state index contributed by atoms with van der Waals surface area (Å²) in [5.74, 6) is -0.475. The Labute approximate surface area is 94.5 Å². The zero-order valence-electron chi connectivity index (χ0n) is 7.28. The van der Waals surface area contributed by atoms with Crippen molar-refractivity contribution < 1.29 is 52.0 Å². The fourth-order valence-corrected chi connectivity index (χ4v) is 0.727. The average Bonchev–Trinajstić information content (AvgIpc) is 1.85. The smallest absolute Gasteiger partial charge is 0.748 e. The van der Waals surface area contributed by atoms with Crippen molar-refractivity contribution in [1.82, 2.24) is 0 Å². The molecule has 12 heavy (non-hydrogen) atoms. The molecule has 0 unspecified atom stereocenters. The molecule has 0 saturated carbocycles. The van der Waals surface area contributed by atoms with E-state index < -0.39 is 15.9 Å². The SMILES string of the molecule is COCCOCCS(=O)(=O)[O-].[Na+]. The summed E-state index contributed by atoms with van der Waals surface area (Å²) in [6, 6.07) is 0. The number of hydrogen-bond donors (Lipinski definition) is 0. The number of rotatable bonds is 6. The minimum atomic E-state index is -4.13. The zero-order valence-corrected chi connectivity index (χ0v) is 10.1. The number of hydrogen-bond acceptors (Lipinski definition) is 5. The van der Waals surface area contributed by atoms with Crippen LogP contribution in [0.5, 0.6) is 0 Å². The zero-order chi connectivity index (χ0) is 8.74. The Kier molecular flexibility index (Phi) is 10.8. The molecular weight excluding hydrogens is 195 g/mol. The van der Waals surface area contributed by atoms with Crippen LogP contribution < -0.4 is 29.6 Å². The van der Waals surface area contributed by atoms with Crippen LogP contribution in [-0.4, -0.2) is 45.7 Å². The van der Waals surface area contributed by atoms with Crippen LogP contribution in [-0.2, 0) is 19.6 Å². The maximum Gasteiger partial charge on any atom is 1.00 e. The molecule has 0 radical (unpaired) electrons. The third-order valence-electron chi connectivity index (χ3n) is 0.909. The predicted octanol–water partition coefficient (Wildman–Crippen LogP) is -3.80. The quantitative estimate of drug-likeness (QED) is 0.253. The van der Waals surface area contributed by atoms with Crippen LogP contribution in [0.2, 0.25) is 0 Å². The van der Waals surface area contributed by atoms with Crippen molar-refractivity contribution in [2.75, 3.05) is 32.7 Å². The second-order valence-corrected chi connectivity index (χ2v) is 3.39. The third kappa shape index (κ3) is 13.4. The van der Waals surface area contributed by atoms with Crippen LogP contribution in [0.4, 0.5) is 0 Å². The maximum atomic E-state index is 10.00. The molecule has 0 rings (SSSR count). The van der Waals surface area contributed by atoms with E-state index >= 15 is 0 Å². The predicted molar refractivity (Wildman–Crippen MR) is 37.3 cm³/mol. The summed E-state index contributed by atoms with van der Waals surface area (Å²) in [5, 5.41) is 0. The van der Waals surface area contributed by atoms with Gasteiger partial charge in [0.15, 0.2) is 0 Å². The molecule has 0 spiro atoms. The summed E-state index contributed by atoms with van der Waals surface area (Å²) in [7, 11) is -2.62. The van der Waals surface area contributed by atoms with E-state index in [1.165, 1.54) is 7.11 Å². The number of methoxy groups -OCH3 is 1. The largest absolute Gasteiger partial charge is 1.00 e. The van der Waals surface area contributed by atoms with Gasteiger partial charge in [-0.05, 0) is 0 Å². The summed E-state index contributed by atoms with van der Waals surface area (Å²) in [4.78, 5) is 0. The van der Waals surface area contributed by atoms with Crippen molar-refractivity contribution in [3.63, 3.8) is 0 Å². The fourth-order valence-electron chi connectivity index (χ4n) is 0.405. The molecule has 0 saturated heterocycles. The second-order valence-electron chi connectivity index (χ2n) is 1.87. The molecule has 0 aromatic rings. The minimum absolute atomic E-state index is 0. The number of ether oxygens (including phenoxy) is 2. The van der Waals surface area contributed by atoms with Gasteiger partial charge in [-0.1, -0.05) is 0 Å². The molecule has 0 amide bonds. The van der Waals surface area contributed by atoms with Crippen LogP contribution >= 0.6 is 0 Å². The Bertz CT molecular complexity index is 178. The van der Waals surface area contributed by atoms with Crippen molar-refractivity contribution in [3.05, 3.63) is 0 Å². The molecule has 0 heterocycles. The van der Waals surface area contributed by atoms with E-state index in [4.69, 9.17) is 4.74 Å². The van der Waals surface area contributed by atoms with E-state index in [-0.39, 0.29) is 36.2 Å². The standard InChI is InChI=1S/C5H12O5S.Na/c1-9-2-3-10-4-5-11(6,7)8;/h2-5H2,1H3,(H,6,7,8);/q;+1/p-1. The first-order chi connectivity index (χ1) is 5.06. The van der Waals surface area contributed by atoms with Crippen molar-refractivity contribution in [3.8, 4) is 0 Å². The summed E-state index contributed by atoms with van der Waals surface area (Å²) >= 11 is 0. The van der Waals surface area contributed by atoms with Crippen LogP contribution in [0.25, 0.3) is 0 Å². The molecule has 5 nitrogen and oxygen atoms in total. The van der Waals surface area contributed by atoms with Crippen molar-refractivity contribution in [2.45, 2.75) is 0 Å². The first-order valence-corrected chi connectivity index (χ1v) is 4.64. The first-order valence-electron chi connectivity index (χ1n) is 3.06. The second kappa shape index (κ2) is 8.43. The molecule has 68 valence electrons. The monoisotopic (exact) mass is 206 g/mol. The minimum Gasteiger partial charge on any atom is -0.748 e. The van der Waals surface area contributed by atoms with E-state index in [2.05, 4.69) is 4.74 Å². The molecular formula is C5H11NaO5S. The molecule has 0 fully saturated rings. The molecule has 0 N–H and O–H groups in total. The molecule has 7 heteroatoms. The van der Waals surface area contributed by atoms with Gasteiger partial charge < -0.3 is 14.0 Å². The summed E-state index contributed by atoms with van der Waals surface area (Å²) in [6.07, 6.45) is 0. The van der Waals surface area contributed by atoms with E-state index in [9.17, 15) is 13.0 Å². The van der Waals surface area contributed by atoms with Crippen molar-refractivity contribution >= 4 is 10.1 Å². The van der Waals surface area contributed by atoms with E-state index in [0.717, 1.165) is 0 Å². The van der Waals surface area contributed by atoms with Gasteiger partial charge in [-0.3, -0.25) is 0 Å². The Hall–Kier alpha value is 0.830. The molecule has 0 aliphatic rings. The summed E-state index contributed by atoms with van der Waals surface area (Å²) < 4.78 is 39.4. The van der Waals surface area contributed by atoms with Gasteiger partial charge >= 0.3 is 29.6 Å². The fraction of sp³-hybridized carbons (Fsp3) is 1.00. The third-order valence-corrected chi connectivity index (χ3v) is 1.58. The van der Waals surface area contributed by atoms with Gasteiger partial charge in [0.1, 0.15) is 0 Å². The van der Waals surface area contributed by atoms with Crippen LogP contribution in [0.15, 0.2) is 0 Å². The Morgan fingerprint density at radius 2 is 1.83 bits per heavy atom. The Morgan fingerprint density at radius 1 is 1.25 bits per heavy atom. The topological polar surface area (TPSA) is 75.7 Å². The summed E-state index contributed by atoms with van der Waals surface area (Å²) in [5.41, 5.74) is 0. The van der Waals surface area contributed by atoms with Crippen LogP contribution in [0.1, 0.15) is 0 Å². The van der Waals surface area contributed by atoms with E-state index in [1.807, 2.05) is 0 Å². The van der Waals surface area contributed by atoms with Gasteiger partial charge in [0.2, 0.25) is 0 Å². The average molecular weight is 206 g/mol. The molecule has 0 aromatic carbocycles. The van der Waals surface area contributed by atoms with Crippen molar-refractivity contribution in [2.24, 2.45) is 0 Å². The van der Waals surface area contributed by atoms with E-state index in [1.54, 1.807) is 0 Å². The molecule has 0 bridgehead atoms. The van der Waals surface area contributed by atoms with Crippen molar-refractivity contribution in [1.29, 1.82) is 0 Å². The molecule has 0 aromatic heterocycles. The molecule has 0 aliphatic heterocycles. The maximum absolute atomic E-state index is 10.00. The van der Waals surface area contributed by atoms with Gasteiger partial charge in [-0.2, -0.15) is 0 Å². The Balaban J connectivity index is 0. The van der Waals surface area contributed by atoms with Crippen LogP contribution in [0, 0.1) is 0 Å². The van der Waals surface area contributed by atoms with Gasteiger partial charge in [-0.15, -0.1) is 0 Å². The van der Waals surface area contributed by atoms with Gasteiger partial charge in [0, 0.05) is 7.11 Å². The normalized spacial score (nSPS) is 10.8.